The minimum atomic E-state index is 1.02. The Morgan fingerprint density at radius 1 is 0.452 bits per heavy atom. The van der Waals surface area contributed by atoms with Crippen LogP contribution in [-0.2, 0) is 6.42 Å². The van der Waals surface area contributed by atoms with Crippen LogP contribution in [0.5, 0.6) is 0 Å². The van der Waals surface area contributed by atoms with Gasteiger partial charge in [0.25, 0.3) is 0 Å². The number of fused-ring (bicyclic) bond motifs is 3. The van der Waals surface area contributed by atoms with Crippen molar-refractivity contribution in [3.8, 4) is 33.4 Å². The van der Waals surface area contributed by atoms with Crippen molar-refractivity contribution < 1.29 is 0 Å². The predicted molar refractivity (Wildman–Crippen MR) is 134 cm³/mol. The monoisotopic (exact) mass is 402 g/mol. The number of rotatable bonds is 2. The molecule has 0 heteroatoms. The van der Waals surface area contributed by atoms with Gasteiger partial charge in [0.15, 0.2) is 0 Å². The zero-order valence-electron chi connectivity index (χ0n) is 19.5. The lowest BCUT2D eigenvalue weighted by molar-refractivity contribution is 1.26. The lowest BCUT2D eigenvalue weighted by atomic mass is 9.90. The molecule has 0 amide bonds. The van der Waals surface area contributed by atoms with E-state index in [1.165, 1.54) is 77.9 Å². The molecule has 0 saturated carbocycles. The van der Waals surface area contributed by atoms with Crippen molar-refractivity contribution in [2.75, 3.05) is 0 Å². The van der Waals surface area contributed by atoms with Crippen LogP contribution in [0.15, 0.2) is 60.7 Å². The maximum absolute atomic E-state index is 2.42. The molecule has 0 heterocycles. The van der Waals surface area contributed by atoms with Crippen molar-refractivity contribution in [2.45, 2.75) is 48.0 Å². The van der Waals surface area contributed by atoms with Gasteiger partial charge in [-0.3, -0.25) is 0 Å². The average Bonchev–Trinajstić information content (AvgIpc) is 3.03. The molecular weight excluding hydrogens is 372 g/mol. The Morgan fingerprint density at radius 3 is 1.48 bits per heavy atom. The summed E-state index contributed by atoms with van der Waals surface area (Å²) >= 11 is 0. The molecule has 0 fully saturated rings. The highest BCUT2D eigenvalue weighted by Gasteiger charge is 2.21. The van der Waals surface area contributed by atoms with Crippen LogP contribution in [0, 0.1) is 41.5 Å². The number of aryl methyl sites for hydroxylation is 6. The molecule has 154 valence electrons. The van der Waals surface area contributed by atoms with Crippen LogP contribution in [0.25, 0.3) is 33.4 Å². The molecule has 0 nitrogen and oxygen atoms in total. The molecule has 1 aliphatic rings. The lowest BCUT2D eigenvalue weighted by Crippen LogP contribution is -1.91. The van der Waals surface area contributed by atoms with E-state index >= 15 is 0 Å². The number of benzene rings is 4. The molecule has 1 aliphatic carbocycles. The van der Waals surface area contributed by atoms with Gasteiger partial charge in [-0.1, -0.05) is 65.7 Å². The molecular formula is C31H30. The smallest absolute Gasteiger partial charge is 0.00132 e. The summed E-state index contributed by atoms with van der Waals surface area (Å²) < 4.78 is 0. The molecule has 0 saturated heterocycles. The fraction of sp³-hybridized carbons (Fsp3) is 0.226. The van der Waals surface area contributed by atoms with Gasteiger partial charge in [-0.05, 0) is 121 Å². The van der Waals surface area contributed by atoms with Gasteiger partial charge < -0.3 is 0 Å². The maximum atomic E-state index is 2.42. The molecule has 0 radical (unpaired) electrons. The Morgan fingerprint density at radius 2 is 0.935 bits per heavy atom. The molecule has 4 aromatic rings. The van der Waals surface area contributed by atoms with Crippen molar-refractivity contribution in [3.63, 3.8) is 0 Å². The number of hydrogen-bond donors (Lipinski definition) is 0. The standard InChI is InChI=1S/C31H30/c1-18-11-20(3)30(21(4)12-18)25-9-10-28-27(16-25)15-24-7-8-26(17-29(24)28)31-22(5)13-19(2)14-23(31)6/h7-14,16-17H,15H2,1-6H3. The third kappa shape index (κ3) is 3.31. The average molecular weight is 403 g/mol. The second kappa shape index (κ2) is 7.24. The van der Waals surface area contributed by atoms with E-state index in [-0.39, 0.29) is 0 Å². The summed E-state index contributed by atoms with van der Waals surface area (Å²) in [7, 11) is 0. The van der Waals surface area contributed by atoms with Crippen LogP contribution in [0.1, 0.15) is 44.5 Å². The molecule has 0 spiro atoms. The summed E-state index contributed by atoms with van der Waals surface area (Å²) in [5, 5.41) is 0. The summed E-state index contributed by atoms with van der Waals surface area (Å²) in [6.07, 6.45) is 1.02. The Bertz CT molecular complexity index is 1300. The van der Waals surface area contributed by atoms with Gasteiger partial charge in [-0.2, -0.15) is 0 Å². The van der Waals surface area contributed by atoms with E-state index in [4.69, 9.17) is 0 Å². The third-order valence-electron chi connectivity index (χ3n) is 6.82. The quantitative estimate of drug-likeness (QED) is 0.278. The highest BCUT2D eigenvalue weighted by atomic mass is 14.2. The molecule has 0 aromatic heterocycles. The number of hydrogen-bond acceptors (Lipinski definition) is 0. The molecule has 31 heavy (non-hydrogen) atoms. The summed E-state index contributed by atoms with van der Waals surface area (Å²) in [4.78, 5) is 0. The topological polar surface area (TPSA) is 0 Å². The predicted octanol–water partition coefficient (Wildman–Crippen LogP) is 8.44. The van der Waals surface area contributed by atoms with E-state index in [1.807, 2.05) is 0 Å². The zero-order chi connectivity index (χ0) is 21.9. The Labute approximate surface area is 186 Å². The van der Waals surface area contributed by atoms with E-state index in [9.17, 15) is 0 Å². The zero-order valence-corrected chi connectivity index (χ0v) is 19.5. The maximum Gasteiger partial charge on any atom is -0.00132 e. The van der Waals surface area contributed by atoms with Gasteiger partial charge in [0.1, 0.15) is 0 Å². The molecule has 0 aliphatic heterocycles. The van der Waals surface area contributed by atoms with Crippen LogP contribution >= 0.6 is 0 Å². The van der Waals surface area contributed by atoms with Crippen LogP contribution in [-0.4, -0.2) is 0 Å². The van der Waals surface area contributed by atoms with Crippen molar-refractivity contribution in [2.24, 2.45) is 0 Å². The highest BCUT2D eigenvalue weighted by Crippen LogP contribution is 2.42. The molecule has 0 atom stereocenters. The Hall–Kier alpha value is -3.12. The van der Waals surface area contributed by atoms with Gasteiger partial charge in [0, 0.05) is 0 Å². The van der Waals surface area contributed by atoms with E-state index in [0.717, 1.165) is 6.42 Å². The van der Waals surface area contributed by atoms with Crippen molar-refractivity contribution in [1.82, 2.24) is 0 Å². The largest absolute Gasteiger partial charge is 0.0575 e. The van der Waals surface area contributed by atoms with Gasteiger partial charge in [0.2, 0.25) is 0 Å². The van der Waals surface area contributed by atoms with Gasteiger partial charge >= 0.3 is 0 Å². The first-order valence-corrected chi connectivity index (χ1v) is 11.2. The summed E-state index contributed by atoms with van der Waals surface area (Å²) in [6, 6.07) is 23.3. The van der Waals surface area contributed by atoms with Crippen LogP contribution in [0.2, 0.25) is 0 Å². The van der Waals surface area contributed by atoms with Crippen LogP contribution < -0.4 is 0 Å². The SMILES string of the molecule is Cc1cc(C)c(-c2ccc3c(c2)Cc2ccc(-c4c(C)cc(C)cc4C)cc2-3)c(C)c1. The van der Waals surface area contributed by atoms with Crippen LogP contribution in [0.3, 0.4) is 0 Å². The molecule has 4 aromatic carbocycles. The first-order chi connectivity index (χ1) is 14.8. The summed E-state index contributed by atoms with van der Waals surface area (Å²) in [5.74, 6) is 0. The third-order valence-corrected chi connectivity index (χ3v) is 6.82. The van der Waals surface area contributed by atoms with E-state index in [1.54, 1.807) is 0 Å². The minimum absolute atomic E-state index is 1.02. The highest BCUT2D eigenvalue weighted by molar-refractivity contribution is 5.85. The lowest BCUT2D eigenvalue weighted by Gasteiger charge is -2.14. The van der Waals surface area contributed by atoms with Gasteiger partial charge in [-0.15, -0.1) is 0 Å². The van der Waals surface area contributed by atoms with Crippen molar-refractivity contribution >= 4 is 0 Å². The second-order valence-corrected chi connectivity index (χ2v) is 9.47. The van der Waals surface area contributed by atoms with Crippen molar-refractivity contribution in [3.05, 3.63) is 105 Å². The van der Waals surface area contributed by atoms with Crippen molar-refractivity contribution in [1.29, 1.82) is 0 Å². The van der Waals surface area contributed by atoms with E-state index in [0.29, 0.717) is 0 Å². The first-order valence-electron chi connectivity index (χ1n) is 11.2. The normalized spacial score (nSPS) is 12.1. The van der Waals surface area contributed by atoms with Crippen LogP contribution in [0.4, 0.5) is 0 Å². The summed E-state index contributed by atoms with van der Waals surface area (Å²) in [5.41, 5.74) is 19.2. The van der Waals surface area contributed by atoms with E-state index < -0.39 is 0 Å². The first kappa shape index (κ1) is 19.8. The van der Waals surface area contributed by atoms with E-state index in [2.05, 4.69) is 102 Å². The molecule has 0 N–H and O–H groups in total. The Kier molecular flexibility index (Phi) is 4.63. The molecule has 5 rings (SSSR count). The Balaban J connectivity index is 1.60. The van der Waals surface area contributed by atoms with Gasteiger partial charge in [0.05, 0.1) is 0 Å². The fourth-order valence-corrected chi connectivity index (χ4v) is 5.77. The molecule has 0 bridgehead atoms. The van der Waals surface area contributed by atoms with Gasteiger partial charge in [-0.25, -0.2) is 0 Å². The fourth-order valence-electron chi connectivity index (χ4n) is 5.77. The minimum Gasteiger partial charge on any atom is -0.0575 e. The summed E-state index contributed by atoms with van der Waals surface area (Å²) in [6.45, 7) is 13.3. The second-order valence-electron chi connectivity index (χ2n) is 9.47. The molecule has 0 unspecified atom stereocenters.